The minimum Gasteiger partial charge on any atom is -0.461 e. The van der Waals surface area contributed by atoms with Crippen LogP contribution >= 0.6 is 11.6 Å². The second-order valence-corrected chi connectivity index (χ2v) is 6.81. The van der Waals surface area contributed by atoms with Crippen LogP contribution in [-0.4, -0.2) is 29.1 Å². The average Bonchev–Trinajstić information content (AvgIpc) is 2.64. The summed E-state index contributed by atoms with van der Waals surface area (Å²) in [5.41, 5.74) is 5.03. The van der Waals surface area contributed by atoms with Gasteiger partial charge in [0.2, 0.25) is 0 Å². The lowest BCUT2D eigenvalue weighted by Crippen LogP contribution is -2.15. The highest BCUT2D eigenvalue weighted by atomic mass is 35.5. The summed E-state index contributed by atoms with van der Waals surface area (Å²) in [6.45, 7) is 6.71. The molecule has 1 aromatic heterocycles. The van der Waals surface area contributed by atoms with Crippen molar-refractivity contribution in [1.29, 1.82) is 0 Å². The molecule has 0 bridgehead atoms. The highest BCUT2D eigenvalue weighted by Gasteiger charge is 2.18. The molecule has 0 saturated carbocycles. The van der Waals surface area contributed by atoms with E-state index in [-0.39, 0.29) is 12.3 Å². The maximum Gasteiger partial charge on any atom is 0.360 e. The van der Waals surface area contributed by atoms with E-state index in [4.69, 9.17) is 16.3 Å². The van der Waals surface area contributed by atoms with Crippen molar-refractivity contribution in [3.8, 4) is 0 Å². The Labute approximate surface area is 163 Å². The van der Waals surface area contributed by atoms with Crippen LogP contribution in [0.15, 0.2) is 36.4 Å². The highest BCUT2D eigenvalue weighted by molar-refractivity contribution is 6.30. The van der Waals surface area contributed by atoms with Gasteiger partial charge < -0.3 is 10.1 Å². The Morgan fingerprint density at radius 3 is 2.33 bits per heavy atom. The fraction of sp³-hybridized carbons (Fsp3) is 0.286. The van der Waals surface area contributed by atoms with Gasteiger partial charge in [-0.1, -0.05) is 23.7 Å². The van der Waals surface area contributed by atoms with E-state index in [1.165, 1.54) is 0 Å². The minimum absolute atomic E-state index is 0.212. The van der Waals surface area contributed by atoms with Crippen LogP contribution in [0.5, 0.6) is 0 Å². The molecular weight excluding hydrogens is 362 g/mol. The Hall–Kier alpha value is -2.66. The molecule has 0 aliphatic rings. The number of aromatic nitrogens is 2. The molecule has 0 aliphatic carbocycles. The number of esters is 1. The zero-order chi connectivity index (χ0) is 19.4. The van der Waals surface area contributed by atoms with E-state index in [1.54, 1.807) is 6.92 Å². The molecule has 3 aromatic rings. The number of nitrogens with zero attached hydrogens (tertiary/aromatic N) is 2. The van der Waals surface area contributed by atoms with Crippen molar-refractivity contribution in [3.05, 3.63) is 63.8 Å². The van der Waals surface area contributed by atoms with E-state index in [9.17, 15) is 4.79 Å². The fourth-order valence-corrected chi connectivity index (χ4v) is 2.88. The van der Waals surface area contributed by atoms with Gasteiger partial charge in [-0.3, -0.25) is 0 Å². The van der Waals surface area contributed by atoms with Crippen molar-refractivity contribution in [1.82, 2.24) is 9.97 Å². The largest absolute Gasteiger partial charge is 0.461 e. The molecule has 6 heteroatoms. The molecule has 3 rings (SSSR count). The third-order valence-electron chi connectivity index (χ3n) is 4.37. The summed E-state index contributed by atoms with van der Waals surface area (Å²) in [6, 6.07) is 11.6. The molecule has 0 aliphatic heterocycles. The quantitative estimate of drug-likeness (QED) is 0.623. The number of halogens is 1. The molecule has 0 amide bonds. The Bertz CT molecular complexity index is 971. The molecule has 0 saturated heterocycles. The number of benzene rings is 2. The number of carbonyl (C=O) groups excluding carboxylic acids is 1. The third-order valence-corrected chi connectivity index (χ3v) is 4.62. The smallest absolute Gasteiger partial charge is 0.360 e. The van der Waals surface area contributed by atoms with Crippen LogP contribution in [0.4, 0.5) is 5.82 Å². The zero-order valence-corrected chi connectivity index (χ0v) is 16.4. The van der Waals surface area contributed by atoms with Gasteiger partial charge in [0, 0.05) is 11.6 Å². The zero-order valence-electron chi connectivity index (χ0n) is 15.7. The predicted octanol–water partition coefficient (Wildman–Crippen LogP) is 4.73. The molecule has 5 nitrogen and oxygen atoms in total. The summed E-state index contributed by atoms with van der Waals surface area (Å²) in [5, 5.41) is 3.94. The maximum absolute atomic E-state index is 12.4. The number of fused-ring (bicyclic) bond motifs is 1. The van der Waals surface area contributed by atoms with E-state index in [2.05, 4.69) is 15.3 Å². The average molecular weight is 384 g/mol. The molecule has 0 unspecified atom stereocenters. The molecular formula is C21H22ClN3O2. The van der Waals surface area contributed by atoms with Crippen LogP contribution in [0, 0.1) is 13.8 Å². The normalized spacial score (nSPS) is 10.8. The van der Waals surface area contributed by atoms with E-state index in [0.717, 1.165) is 28.6 Å². The predicted molar refractivity (Wildman–Crippen MR) is 109 cm³/mol. The molecule has 1 heterocycles. The molecule has 0 atom stereocenters. The number of hydrogen-bond acceptors (Lipinski definition) is 5. The van der Waals surface area contributed by atoms with Crippen molar-refractivity contribution in [2.24, 2.45) is 0 Å². The van der Waals surface area contributed by atoms with E-state index in [1.807, 2.05) is 50.2 Å². The van der Waals surface area contributed by atoms with Gasteiger partial charge in [0.1, 0.15) is 0 Å². The lowest BCUT2D eigenvalue weighted by molar-refractivity contribution is 0.0521. The van der Waals surface area contributed by atoms with Gasteiger partial charge in [0.05, 0.1) is 17.6 Å². The van der Waals surface area contributed by atoms with Gasteiger partial charge in [-0.25, -0.2) is 14.8 Å². The van der Waals surface area contributed by atoms with Crippen molar-refractivity contribution in [2.75, 3.05) is 18.5 Å². The van der Waals surface area contributed by atoms with Gasteiger partial charge >= 0.3 is 5.97 Å². The number of rotatable bonds is 6. The van der Waals surface area contributed by atoms with Gasteiger partial charge in [0.15, 0.2) is 11.5 Å². The van der Waals surface area contributed by atoms with Gasteiger partial charge in [-0.2, -0.15) is 0 Å². The summed E-state index contributed by atoms with van der Waals surface area (Å²) < 4.78 is 5.15. The summed E-state index contributed by atoms with van der Waals surface area (Å²) in [7, 11) is 0. The van der Waals surface area contributed by atoms with Crippen LogP contribution in [-0.2, 0) is 11.2 Å². The molecule has 0 radical (unpaired) electrons. The van der Waals surface area contributed by atoms with Crippen LogP contribution in [0.1, 0.15) is 34.1 Å². The Balaban J connectivity index is 1.88. The first-order valence-electron chi connectivity index (χ1n) is 8.92. The number of ether oxygens (including phenoxy) is 1. The number of hydrogen-bond donors (Lipinski definition) is 1. The summed E-state index contributed by atoms with van der Waals surface area (Å²) in [4.78, 5) is 21.5. The number of nitrogens with one attached hydrogen (secondary N) is 1. The monoisotopic (exact) mass is 383 g/mol. The Kier molecular flexibility index (Phi) is 5.91. The van der Waals surface area contributed by atoms with Gasteiger partial charge in [-0.05, 0) is 68.1 Å². The Morgan fingerprint density at radius 2 is 1.70 bits per heavy atom. The maximum atomic E-state index is 12.4. The molecule has 140 valence electrons. The second-order valence-electron chi connectivity index (χ2n) is 6.37. The van der Waals surface area contributed by atoms with Gasteiger partial charge in [-0.15, -0.1) is 0 Å². The van der Waals surface area contributed by atoms with E-state index in [0.29, 0.717) is 22.9 Å². The SMILES string of the molecule is CCOC(=O)c1nc2cc(C)c(C)cc2nc1NCCc1ccc(Cl)cc1. The van der Waals surface area contributed by atoms with Crippen molar-refractivity contribution >= 4 is 34.4 Å². The summed E-state index contributed by atoms with van der Waals surface area (Å²) in [5.74, 6) is -0.0303. The number of anilines is 1. The van der Waals surface area contributed by atoms with Crippen LogP contribution in [0.2, 0.25) is 5.02 Å². The number of carbonyl (C=O) groups is 1. The topological polar surface area (TPSA) is 64.1 Å². The lowest BCUT2D eigenvalue weighted by atomic mass is 10.1. The fourth-order valence-electron chi connectivity index (χ4n) is 2.75. The summed E-state index contributed by atoms with van der Waals surface area (Å²) >= 11 is 5.92. The van der Waals surface area contributed by atoms with Crippen molar-refractivity contribution < 1.29 is 9.53 Å². The molecule has 1 N–H and O–H groups in total. The van der Waals surface area contributed by atoms with Crippen LogP contribution in [0.3, 0.4) is 0 Å². The molecule has 2 aromatic carbocycles. The number of aryl methyl sites for hydroxylation is 2. The van der Waals surface area contributed by atoms with E-state index >= 15 is 0 Å². The third kappa shape index (κ3) is 4.55. The second kappa shape index (κ2) is 8.35. The van der Waals surface area contributed by atoms with Crippen LogP contribution < -0.4 is 5.32 Å². The van der Waals surface area contributed by atoms with E-state index < -0.39 is 5.97 Å². The van der Waals surface area contributed by atoms with Crippen molar-refractivity contribution in [2.45, 2.75) is 27.2 Å². The first-order chi connectivity index (χ1) is 13.0. The molecule has 27 heavy (non-hydrogen) atoms. The lowest BCUT2D eigenvalue weighted by Gasteiger charge is -2.12. The first kappa shape index (κ1) is 19.1. The minimum atomic E-state index is -0.473. The Morgan fingerprint density at radius 1 is 1.07 bits per heavy atom. The first-order valence-corrected chi connectivity index (χ1v) is 9.30. The molecule has 0 fully saturated rings. The van der Waals surface area contributed by atoms with Crippen molar-refractivity contribution in [3.63, 3.8) is 0 Å². The van der Waals surface area contributed by atoms with Crippen LogP contribution in [0.25, 0.3) is 11.0 Å². The summed E-state index contributed by atoms with van der Waals surface area (Å²) in [6.07, 6.45) is 0.770. The van der Waals surface area contributed by atoms with Gasteiger partial charge in [0.25, 0.3) is 0 Å². The highest BCUT2D eigenvalue weighted by Crippen LogP contribution is 2.21. The standard InChI is InChI=1S/C21H22ClN3O2/c1-4-27-21(26)19-20(23-10-9-15-5-7-16(22)8-6-15)25-18-12-14(3)13(2)11-17(18)24-19/h5-8,11-12H,4,9-10H2,1-3H3,(H,23,25). The molecule has 0 spiro atoms.